The molecule has 3 saturated heterocycles. The van der Waals surface area contributed by atoms with Gasteiger partial charge < -0.3 is 24.6 Å². The SMILES string of the molecule is COc1ccccc1CC1CC2(C1)CN(C(=O)N1CC[C@@H]3OCC(=O)N[C@@H]3C1)C2. The average molecular weight is 399 g/mol. The van der Waals surface area contributed by atoms with E-state index in [9.17, 15) is 9.59 Å². The standard InChI is InChI=1S/C22H29N3O4/c1-28-18-5-3-2-4-16(18)8-15-9-22(10-15)13-25(14-22)21(27)24-7-6-19-17(11-24)23-20(26)12-29-19/h2-5,15,17,19H,6-14H2,1H3,(H,23,26)/t17-,19+/m1/s1. The van der Waals surface area contributed by atoms with E-state index in [-0.39, 0.29) is 30.7 Å². The summed E-state index contributed by atoms with van der Waals surface area (Å²) >= 11 is 0. The minimum Gasteiger partial charge on any atom is -0.496 e. The summed E-state index contributed by atoms with van der Waals surface area (Å²) in [6, 6.07) is 8.29. The first-order chi connectivity index (χ1) is 14.0. The number of hydrogen-bond donors (Lipinski definition) is 1. The number of ether oxygens (including phenoxy) is 2. The van der Waals surface area contributed by atoms with Crippen LogP contribution in [0.3, 0.4) is 0 Å². The molecule has 1 aliphatic carbocycles. The van der Waals surface area contributed by atoms with Gasteiger partial charge in [-0.25, -0.2) is 4.79 Å². The molecule has 3 aliphatic heterocycles. The van der Waals surface area contributed by atoms with Crippen LogP contribution in [0.15, 0.2) is 24.3 Å². The van der Waals surface area contributed by atoms with Gasteiger partial charge in [0.1, 0.15) is 12.4 Å². The topological polar surface area (TPSA) is 71.1 Å². The second-order valence-corrected chi connectivity index (χ2v) is 9.19. The highest BCUT2D eigenvalue weighted by Crippen LogP contribution is 2.53. The number of carbonyl (C=O) groups excluding carboxylic acids is 2. The quantitative estimate of drug-likeness (QED) is 0.839. The van der Waals surface area contributed by atoms with Crippen LogP contribution in [-0.2, 0) is 16.0 Å². The summed E-state index contributed by atoms with van der Waals surface area (Å²) in [7, 11) is 1.73. The second kappa shape index (κ2) is 7.20. The fraction of sp³-hybridized carbons (Fsp3) is 0.636. The molecule has 3 heterocycles. The minimum absolute atomic E-state index is 0.0434. The van der Waals surface area contributed by atoms with Crippen LogP contribution in [0.2, 0.25) is 0 Å². The predicted molar refractivity (Wildman–Crippen MR) is 107 cm³/mol. The number of amides is 3. The van der Waals surface area contributed by atoms with E-state index >= 15 is 0 Å². The number of urea groups is 1. The number of para-hydroxylation sites is 1. The average Bonchev–Trinajstić information content (AvgIpc) is 2.68. The Bertz CT molecular complexity index is 799. The minimum atomic E-state index is -0.0843. The molecule has 1 aromatic rings. The molecule has 0 bridgehead atoms. The van der Waals surface area contributed by atoms with E-state index in [1.54, 1.807) is 7.11 Å². The van der Waals surface area contributed by atoms with E-state index in [4.69, 9.17) is 9.47 Å². The first kappa shape index (κ1) is 18.7. The first-order valence-corrected chi connectivity index (χ1v) is 10.6. The van der Waals surface area contributed by atoms with Crippen molar-refractivity contribution in [1.82, 2.24) is 15.1 Å². The molecule has 4 fully saturated rings. The van der Waals surface area contributed by atoms with Gasteiger partial charge in [0.05, 0.1) is 19.3 Å². The largest absolute Gasteiger partial charge is 0.496 e. The molecular formula is C22H29N3O4. The maximum absolute atomic E-state index is 12.9. The Morgan fingerprint density at radius 3 is 2.86 bits per heavy atom. The summed E-state index contributed by atoms with van der Waals surface area (Å²) in [4.78, 5) is 28.3. The Kier molecular flexibility index (Phi) is 4.65. The monoisotopic (exact) mass is 399 g/mol. The van der Waals surface area contributed by atoms with Crippen molar-refractivity contribution < 1.29 is 19.1 Å². The molecule has 156 valence electrons. The number of likely N-dealkylation sites (tertiary alicyclic amines) is 2. The highest BCUT2D eigenvalue weighted by Gasteiger charge is 2.54. The number of benzene rings is 1. The molecule has 7 heteroatoms. The van der Waals surface area contributed by atoms with Gasteiger partial charge in [-0.3, -0.25) is 4.79 Å². The number of morpholine rings is 1. The lowest BCUT2D eigenvalue weighted by Gasteiger charge is -2.60. The summed E-state index contributed by atoms with van der Waals surface area (Å²) in [6.07, 6.45) is 4.25. The van der Waals surface area contributed by atoms with Crippen LogP contribution < -0.4 is 10.1 Å². The molecule has 1 N–H and O–H groups in total. The number of methoxy groups -OCH3 is 1. The summed E-state index contributed by atoms with van der Waals surface area (Å²) in [5.74, 6) is 1.56. The number of carbonyl (C=O) groups is 2. The van der Waals surface area contributed by atoms with Crippen molar-refractivity contribution in [3.8, 4) is 5.75 Å². The zero-order chi connectivity index (χ0) is 20.0. The van der Waals surface area contributed by atoms with Gasteiger partial charge in [-0.2, -0.15) is 0 Å². The molecule has 2 atom stereocenters. The second-order valence-electron chi connectivity index (χ2n) is 9.19. The summed E-state index contributed by atoms with van der Waals surface area (Å²) < 4.78 is 11.1. The molecule has 4 aliphatic rings. The fourth-order valence-electron chi connectivity index (χ4n) is 5.72. The molecule has 0 unspecified atom stereocenters. The van der Waals surface area contributed by atoms with Crippen molar-refractivity contribution in [2.24, 2.45) is 11.3 Å². The molecule has 1 aromatic carbocycles. The van der Waals surface area contributed by atoms with Crippen molar-refractivity contribution in [3.05, 3.63) is 29.8 Å². The third kappa shape index (κ3) is 3.45. The first-order valence-electron chi connectivity index (χ1n) is 10.6. The highest BCUT2D eigenvalue weighted by atomic mass is 16.5. The van der Waals surface area contributed by atoms with Gasteiger partial charge in [-0.05, 0) is 43.2 Å². The molecule has 0 radical (unpaired) electrons. The fourth-order valence-corrected chi connectivity index (χ4v) is 5.72. The summed E-state index contributed by atoms with van der Waals surface area (Å²) in [5.41, 5.74) is 1.60. The molecule has 1 saturated carbocycles. The Balaban J connectivity index is 1.10. The van der Waals surface area contributed by atoms with Crippen LogP contribution in [0.4, 0.5) is 4.79 Å². The van der Waals surface area contributed by atoms with Gasteiger partial charge in [0.15, 0.2) is 0 Å². The number of nitrogens with one attached hydrogen (secondary N) is 1. The van der Waals surface area contributed by atoms with Crippen LogP contribution in [0.1, 0.15) is 24.8 Å². The zero-order valence-corrected chi connectivity index (χ0v) is 16.9. The van der Waals surface area contributed by atoms with Crippen LogP contribution in [-0.4, -0.2) is 73.8 Å². The number of hydrogen-bond acceptors (Lipinski definition) is 4. The summed E-state index contributed by atoms with van der Waals surface area (Å²) in [6.45, 7) is 3.12. The zero-order valence-electron chi connectivity index (χ0n) is 16.9. The van der Waals surface area contributed by atoms with Gasteiger partial charge in [0.25, 0.3) is 0 Å². The molecule has 0 aromatic heterocycles. The predicted octanol–water partition coefficient (Wildman–Crippen LogP) is 1.66. The van der Waals surface area contributed by atoms with E-state index in [0.29, 0.717) is 24.4 Å². The van der Waals surface area contributed by atoms with Crippen LogP contribution >= 0.6 is 0 Å². The maximum atomic E-state index is 12.9. The van der Waals surface area contributed by atoms with Crippen molar-refractivity contribution in [3.63, 3.8) is 0 Å². The van der Waals surface area contributed by atoms with Crippen molar-refractivity contribution in [1.29, 1.82) is 0 Å². The Labute approximate surface area is 171 Å². The summed E-state index contributed by atoms with van der Waals surface area (Å²) in [5, 5.41) is 2.97. The van der Waals surface area contributed by atoms with Crippen LogP contribution in [0.5, 0.6) is 5.75 Å². The molecule has 7 nitrogen and oxygen atoms in total. The Morgan fingerprint density at radius 1 is 1.28 bits per heavy atom. The smallest absolute Gasteiger partial charge is 0.320 e. The van der Waals surface area contributed by atoms with Crippen molar-refractivity contribution in [2.75, 3.05) is 39.9 Å². The van der Waals surface area contributed by atoms with E-state index in [0.717, 1.165) is 31.7 Å². The molecule has 29 heavy (non-hydrogen) atoms. The lowest BCUT2D eigenvalue weighted by atomic mass is 9.56. The van der Waals surface area contributed by atoms with Gasteiger partial charge in [0.2, 0.25) is 5.91 Å². The lowest BCUT2D eigenvalue weighted by molar-refractivity contribution is -0.140. The van der Waals surface area contributed by atoms with E-state index in [1.807, 2.05) is 21.9 Å². The Morgan fingerprint density at radius 2 is 2.07 bits per heavy atom. The van der Waals surface area contributed by atoms with Gasteiger partial charge in [-0.1, -0.05) is 18.2 Å². The van der Waals surface area contributed by atoms with Crippen molar-refractivity contribution >= 4 is 11.9 Å². The number of piperidine rings is 1. The molecule has 1 spiro atoms. The molecule has 5 rings (SSSR count). The van der Waals surface area contributed by atoms with E-state index in [2.05, 4.69) is 17.4 Å². The third-order valence-corrected chi connectivity index (χ3v) is 7.06. The number of rotatable bonds is 3. The third-order valence-electron chi connectivity index (χ3n) is 7.06. The number of fused-ring (bicyclic) bond motifs is 1. The van der Waals surface area contributed by atoms with Gasteiger partial charge in [0, 0.05) is 31.6 Å². The van der Waals surface area contributed by atoms with E-state index < -0.39 is 0 Å². The molecular weight excluding hydrogens is 370 g/mol. The molecule has 3 amide bonds. The van der Waals surface area contributed by atoms with Gasteiger partial charge >= 0.3 is 6.03 Å². The normalized spacial score (nSPS) is 28.2. The van der Waals surface area contributed by atoms with E-state index in [1.165, 1.54) is 18.4 Å². The number of nitrogens with zero attached hydrogens (tertiary/aromatic N) is 2. The van der Waals surface area contributed by atoms with Crippen LogP contribution in [0, 0.1) is 11.3 Å². The van der Waals surface area contributed by atoms with Crippen LogP contribution in [0.25, 0.3) is 0 Å². The lowest BCUT2D eigenvalue weighted by Crippen LogP contribution is -2.68. The van der Waals surface area contributed by atoms with Gasteiger partial charge in [-0.15, -0.1) is 0 Å². The maximum Gasteiger partial charge on any atom is 0.320 e. The highest BCUT2D eigenvalue weighted by molar-refractivity contribution is 5.79. The van der Waals surface area contributed by atoms with Crippen molar-refractivity contribution in [2.45, 2.75) is 37.8 Å². The Hall–Kier alpha value is -2.28.